The Morgan fingerprint density at radius 1 is 1.55 bits per heavy atom. The van der Waals surface area contributed by atoms with Crippen molar-refractivity contribution in [3.05, 3.63) is 35.8 Å². The molecular formula is C17H22BNO2S. The highest BCUT2D eigenvalue weighted by Gasteiger charge is 2.34. The third-order valence-corrected chi connectivity index (χ3v) is 4.69. The van der Waals surface area contributed by atoms with Crippen LogP contribution >= 0.6 is 11.8 Å². The van der Waals surface area contributed by atoms with Crippen LogP contribution in [0.3, 0.4) is 0 Å². The number of phenols is 1. The van der Waals surface area contributed by atoms with E-state index in [2.05, 4.69) is 20.1 Å². The van der Waals surface area contributed by atoms with Gasteiger partial charge in [-0.1, -0.05) is 57.6 Å². The maximum atomic E-state index is 12.5. The monoisotopic (exact) mass is 315 g/mol. The van der Waals surface area contributed by atoms with E-state index in [1.54, 1.807) is 22.5 Å². The molecule has 1 aliphatic heterocycles. The van der Waals surface area contributed by atoms with Crippen molar-refractivity contribution >= 4 is 36.6 Å². The summed E-state index contributed by atoms with van der Waals surface area (Å²) in [6.07, 6.45) is 1.66. The quantitative estimate of drug-likeness (QED) is 0.639. The van der Waals surface area contributed by atoms with Crippen LogP contribution in [0.25, 0.3) is 6.08 Å². The molecule has 0 radical (unpaired) electrons. The predicted molar refractivity (Wildman–Crippen MR) is 97.7 cm³/mol. The van der Waals surface area contributed by atoms with Gasteiger partial charge in [0.05, 0.1) is 5.69 Å². The SMILES string of the molecule is C=CSc1c(C=C)c(O)cc2c1C(C)CN2C(=O)BC(C)C. The fourth-order valence-electron chi connectivity index (χ4n) is 2.93. The van der Waals surface area contributed by atoms with Gasteiger partial charge in [-0.05, 0) is 11.0 Å². The van der Waals surface area contributed by atoms with E-state index in [0.29, 0.717) is 25.2 Å². The van der Waals surface area contributed by atoms with E-state index in [0.717, 1.165) is 16.1 Å². The lowest BCUT2D eigenvalue weighted by atomic mass is 9.65. The smallest absolute Gasteiger partial charge is 0.237 e. The van der Waals surface area contributed by atoms with E-state index < -0.39 is 0 Å². The van der Waals surface area contributed by atoms with Crippen molar-refractivity contribution in [3.63, 3.8) is 0 Å². The van der Waals surface area contributed by atoms with E-state index in [9.17, 15) is 9.90 Å². The number of aromatic hydroxyl groups is 1. The topological polar surface area (TPSA) is 40.5 Å². The number of benzene rings is 1. The van der Waals surface area contributed by atoms with Crippen molar-refractivity contribution in [2.45, 2.75) is 37.4 Å². The zero-order valence-corrected chi connectivity index (χ0v) is 14.2. The van der Waals surface area contributed by atoms with Gasteiger partial charge in [0.15, 0.2) is 5.81 Å². The van der Waals surface area contributed by atoms with Gasteiger partial charge in [0.25, 0.3) is 0 Å². The molecule has 5 heteroatoms. The van der Waals surface area contributed by atoms with Crippen molar-refractivity contribution < 1.29 is 9.90 Å². The van der Waals surface area contributed by atoms with Gasteiger partial charge < -0.3 is 10.0 Å². The first-order chi connectivity index (χ1) is 10.4. The van der Waals surface area contributed by atoms with Crippen LogP contribution in [-0.4, -0.2) is 24.7 Å². The van der Waals surface area contributed by atoms with E-state index >= 15 is 0 Å². The third kappa shape index (κ3) is 2.95. The molecule has 1 N–H and O–H groups in total. The highest BCUT2D eigenvalue weighted by molar-refractivity contribution is 8.02. The van der Waals surface area contributed by atoms with Crippen LogP contribution in [0.4, 0.5) is 10.5 Å². The number of carbonyl (C=O) groups is 1. The molecule has 3 nitrogen and oxygen atoms in total. The van der Waals surface area contributed by atoms with Gasteiger partial charge in [0, 0.05) is 29.0 Å². The number of rotatable bonds is 5. The van der Waals surface area contributed by atoms with Crippen LogP contribution in [0.2, 0.25) is 5.82 Å². The molecule has 1 aliphatic rings. The molecule has 0 fully saturated rings. The van der Waals surface area contributed by atoms with Gasteiger partial charge in [-0.2, -0.15) is 0 Å². The summed E-state index contributed by atoms with van der Waals surface area (Å²) in [5.41, 5.74) is 2.65. The van der Waals surface area contributed by atoms with Crippen molar-refractivity contribution in [1.29, 1.82) is 0 Å². The molecule has 0 aliphatic carbocycles. The Bertz CT molecular complexity index is 628. The molecule has 2 rings (SSSR count). The number of carbonyl (C=O) groups excluding carboxylic acids is 1. The number of phenolic OH excluding ortho intramolecular Hbond substituents is 1. The van der Waals surface area contributed by atoms with Crippen LogP contribution in [0.1, 0.15) is 37.8 Å². The fourth-order valence-corrected chi connectivity index (χ4v) is 3.84. The summed E-state index contributed by atoms with van der Waals surface area (Å²) in [7, 11) is 0.514. The van der Waals surface area contributed by atoms with E-state index in [4.69, 9.17) is 0 Å². The van der Waals surface area contributed by atoms with Crippen LogP contribution in [0.15, 0.2) is 29.5 Å². The minimum atomic E-state index is 0.112. The molecule has 116 valence electrons. The van der Waals surface area contributed by atoms with Gasteiger partial charge >= 0.3 is 0 Å². The standard InChI is InChI=1S/C17H22BNO2S/c1-6-12-14(20)8-13-15(16(12)22-7-2)11(5)9-19(13)17(21)18-10(3)4/h6-8,10-11,18,20H,1-2,9H2,3-5H3. The average Bonchev–Trinajstić information content (AvgIpc) is 2.75. The van der Waals surface area contributed by atoms with Crippen LogP contribution in [-0.2, 0) is 0 Å². The second-order valence-electron chi connectivity index (χ2n) is 6.06. The molecule has 1 aromatic rings. The average molecular weight is 315 g/mol. The summed E-state index contributed by atoms with van der Waals surface area (Å²) >= 11 is 1.47. The maximum absolute atomic E-state index is 12.5. The zero-order valence-electron chi connectivity index (χ0n) is 13.4. The number of hydrogen-bond acceptors (Lipinski definition) is 3. The Kier molecular flexibility index (Phi) is 5.06. The Morgan fingerprint density at radius 2 is 2.23 bits per heavy atom. The summed E-state index contributed by atoms with van der Waals surface area (Å²) in [4.78, 5) is 15.3. The van der Waals surface area contributed by atoms with Gasteiger partial charge in [0.1, 0.15) is 5.75 Å². The van der Waals surface area contributed by atoms with Gasteiger partial charge in [-0.15, -0.1) is 0 Å². The summed E-state index contributed by atoms with van der Waals surface area (Å²) in [5.74, 6) is 0.818. The lowest BCUT2D eigenvalue weighted by molar-refractivity contribution is 0.263. The molecule has 1 aromatic carbocycles. The Balaban J connectivity index is 2.56. The summed E-state index contributed by atoms with van der Waals surface area (Å²) in [5, 5.41) is 12.0. The lowest BCUT2D eigenvalue weighted by Crippen LogP contribution is -2.33. The zero-order chi connectivity index (χ0) is 16.4. The Hall–Kier alpha value is -1.62. The normalized spacial score (nSPS) is 16.5. The van der Waals surface area contributed by atoms with Crippen LogP contribution in [0.5, 0.6) is 5.75 Å². The second-order valence-corrected chi connectivity index (χ2v) is 7.04. The largest absolute Gasteiger partial charge is 0.507 e. The first kappa shape index (κ1) is 16.8. The van der Waals surface area contributed by atoms with Crippen molar-refractivity contribution in [2.75, 3.05) is 11.4 Å². The number of hydrogen-bond donors (Lipinski definition) is 1. The number of amides is 1. The lowest BCUT2D eigenvalue weighted by Gasteiger charge is -2.20. The number of fused-ring (bicyclic) bond motifs is 1. The molecule has 0 spiro atoms. The predicted octanol–water partition coefficient (Wildman–Crippen LogP) is 4.58. The molecule has 1 atom stereocenters. The second kappa shape index (κ2) is 6.65. The molecule has 0 saturated carbocycles. The minimum Gasteiger partial charge on any atom is -0.507 e. The molecule has 1 unspecified atom stereocenters. The fraction of sp³-hybridized carbons (Fsp3) is 0.353. The summed E-state index contributed by atoms with van der Waals surface area (Å²) < 4.78 is 0. The minimum absolute atomic E-state index is 0.112. The van der Waals surface area contributed by atoms with Gasteiger partial charge in [0.2, 0.25) is 7.28 Å². The number of thioether (sulfide) groups is 1. The van der Waals surface area contributed by atoms with Crippen molar-refractivity contribution in [1.82, 2.24) is 0 Å². The Labute approximate surface area is 137 Å². The molecule has 22 heavy (non-hydrogen) atoms. The van der Waals surface area contributed by atoms with Crippen molar-refractivity contribution in [2.24, 2.45) is 0 Å². The molecule has 0 saturated heterocycles. The molecule has 1 amide bonds. The summed E-state index contributed by atoms with van der Waals surface area (Å²) in [6.45, 7) is 14.4. The molecule has 0 bridgehead atoms. The van der Waals surface area contributed by atoms with E-state index in [1.807, 2.05) is 13.8 Å². The first-order valence-electron chi connectivity index (χ1n) is 7.50. The number of anilines is 1. The van der Waals surface area contributed by atoms with Crippen LogP contribution < -0.4 is 4.90 Å². The van der Waals surface area contributed by atoms with Crippen LogP contribution in [0, 0.1) is 0 Å². The molecule has 1 heterocycles. The maximum Gasteiger partial charge on any atom is 0.237 e. The van der Waals surface area contributed by atoms with Gasteiger partial charge in [-0.3, -0.25) is 4.79 Å². The van der Waals surface area contributed by atoms with E-state index in [-0.39, 0.29) is 17.5 Å². The highest BCUT2D eigenvalue weighted by Crippen LogP contribution is 2.47. The highest BCUT2D eigenvalue weighted by atomic mass is 32.2. The van der Waals surface area contributed by atoms with Gasteiger partial charge in [-0.25, -0.2) is 0 Å². The Morgan fingerprint density at radius 3 is 2.77 bits per heavy atom. The van der Waals surface area contributed by atoms with Crippen molar-refractivity contribution in [3.8, 4) is 5.75 Å². The summed E-state index contributed by atoms with van der Waals surface area (Å²) in [6, 6.07) is 1.70. The number of nitrogens with zero attached hydrogens (tertiary/aromatic N) is 1. The molecular weight excluding hydrogens is 293 g/mol. The third-order valence-electron chi connectivity index (χ3n) is 3.84. The molecule has 0 aromatic heterocycles. The van der Waals surface area contributed by atoms with E-state index in [1.165, 1.54) is 11.8 Å². The first-order valence-corrected chi connectivity index (χ1v) is 8.38.